The van der Waals surface area contributed by atoms with E-state index in [1.54, 1.807) is 12.4 Å². The molecule has 74 valence electrons. The summed E-state index contributed by atoms with van der Waals surface area (Å²) in [5.41, 5.74) is 2.17. The minimum absolute atomic E-state index is 0.0412. The summed E-state index contributed by atoms with van der Waals surface area (Å²) in [7, 11) is 0. The van der Waals surface area contributed by atoms with Crippen LogP contribution in [-0.2, 0) is 5.41 Å². The first-order valence-electron chi connectivity index (χ1n) is 4.67. The van der Waals surface area contributed by atoms with Crippen molar-refractivity contribution < 1.29 is 0 Å². The number of nitrogens with zero attached hydrogens (tertiary/aromatic N) is 4. The molecule has 0 N–H and O–H groups in total. The second-order valence-electron chi connectivity index (χ2n) is 4.45. The number of aromatic nitrogens is 4. The SMILES string of the molecule is Cc1nc2nccnn2c1C(C)(C)C. The summed E-state index contributed by atoms with van der Waals surface area (Å²) in [5, 5.41) is 4.26. The van der Waals surface area contributed by atoms with Crippen molar-refractivity contribution in [3.05, 3.63) is 23.8 Å². The molecule has 0 amide bonds. The van der Waals surface area contributed by atoms with Gasteiger partial charge in [0, 0.05) is 5.41 Å². The highest BCUT2D eigenvalue weighted by Gasteiger charge is 2.22. The average Bonchev–Trinajstić information content (AvgIpc) is 2.38. The van der Waals surface area contributed by atoms with Gasteiger partial charge in [0.15, 0.2) is 0 Å². The Morgan fingerprint density at radius 2 is 1.93 bits per heavy atom. The molecule has 0 atom stereocenters. The van der Waals surface area contributed by atoms with Crippen molar-refractivity contribution in [2.45, 2.75) is 33.1 Å². The van der Waals surface area contributed by atoms with Crippen LogP contribution in [0.5, 0.6) is 0 Å². The molecule has 2 aromatic rings. The van der Waals surface area contributed by atoms with Gasteiger partial charge in [0.2, 0.25) is 0 Å². The van der Waals surface area contributed by atoms with Gasteiger partial charge < -0.3 is 0 Å². The summed E-state index contributed by atoms with van der Waals surface area (Å²) < 4.78 is 1.81. The Morgan fingerprint density at radius 1 is 1.21 bits per heavy atom. The van der Waals surface area contributed by atoms with E-state index in [1.165, 1.54) is 0 Å². The third kappa shape index (κ3) is 1.27. The summed E-state index contributed by atoms with van der Waals surface area (Å²) in [6.45, 7) is 8.45. The van der Waals surface area contributed by atoms with Gasteiger partial charge in [-0.25, -0.2) is 14.5 Å². The van der Waals surface area contributed by atoms with E-state index in [2.05, 4.69) is 35.8 Å². The number of imidazole rings is 1. The summed E-state index contributed by atoms with van der Waals surface area (Å²) in [4.78, 5) is 8.53. The molecular weight excluding hydrogens is 176 g/mol. The molecule has 4 heteroatoms. The first-order chi connectivity index (χ1) is 6.50. The van der Waals surface area contributed by atoms with E-state index in [1.807, 2.05) is 11.4 Å². The van der Waals surface area contributed by atoms with Gasteiger partial charge in [0.05, 0.1) is 23.8 Å². The molecule has 2 heterocycles. The van der Waals surface area contributed by atoms with E-state index >= 15 is 0 Å². The van der Waals surface area contributed by atoms with Gasteiger partial charge in [-0.3, -0.25) is 0 Å². The maximum absolute atomic E-state index is 4.37. The fraction of sp³-hybridized carbons (Fsp3) is 0.500. The summed E-state index contributed by atoms with van der Waals surface area (Å²) >= 11 is 0. The quantitative estimate of drug-likeness (QED) is 0.635. The Balaban J connectivity index is 2.81. The zero-order chi connectivity index (χ0) is 10.3. The maximum Gasteiger partial charge on any atom is 0.251 e. The lowest BCUT2D eigenvalue weighted by molar-refractivity contribution is 0.545. The lowest BCUT2D eigenvalue weighted by Crippen LogP contribution is -2.16. The fourth-order valence-electron chi connectivity index (χ4n) is 1.75. The van der Waals surface area contributed by atoms with Crippen LogP contribution in [0.3, 0.4) is 0 Å². The lowest BCUT2D eigenvalue weighted by atomic mass is 9.91. The molecule has 2 rings (SSSR count). The molecule has 0 bridgehead atoms. The van der Waals surface area contributed by atoms with Crippen LogP contribution >= 0.6 is 0 Å². The fourth-order valence-corrected chi connectivity index (χ4v) is 1.75. The highest BCUT2D eigenvalue weighted by atomic mass is 15.3. The summed E-state index contributed by atoms with van der Waals surface area (Å²) in [5.74, 6) is 0.676. The van der Waals surface area contributed by atoms with Gasteiger partial charge >= 0.3 is 0 Å². The standard InChI is InChI=1S/C10H14N4/c1-7-8(10(2,3)4)14-9(13-7)11-5-6-12-14/h5-6H,1-4H3. The Morgan fingerprint density at radius 3 is 2.57 bits per heavy atom. The first kappa shape index (κ1) is 9.12. The third-order valence-corrected chi connectivity index (χ3v) is 2.16. The van der Waals surface area contributed by atoms with E-state index in [0.717, 1.165) is 11.4 Å². The summed E-state index contributed by atoms with van der Waals surface area (Å²) in [6, 6.07) is 0. The van der Waals surface area contributed by atoms with Crippen LogP contribution in [0.25, 0.3) is 5.78 Å². The molecule has 2 aromatic heterocycles. The van der Waals surface area contributed by atoms with Crippen molar-refractivity contribution in [2.24, 2.45) is 0 Å². The van der Waals surface area contributed by atoms with Crippen LogP contribution in [-0.4, -0.2) is 19.6 Å². The van der Waals surface area contributed by atoms with Crippen LogP contribution in [0.4, 0.5) is 0 Å². The molecule has 14 heavy (non-hydrogen) atoms. The molecule has 0 aliphatic heterocycles. The molecule has 0 unspecified atom stereocenters. The van der Waals surface area contributed by atoms with Gasteiger partial charge in [-0.1, -0.05) is 20.8 Å². The Kier molecular flexibility index (Phi) is 1.80. The molecule has 4 nitrogen and oxygen atoms in total. The zero-order valence-electron chi connectivity index (χ0n) is 8.94. The van der Waals surface area contributed by atoms with Crippen molar-refractivity contribution in [1.29, 1.82) is 0 Å². The van der Waals surface area contributed by atoms with Crippen LogP contribution in [0, 0.1) is 6.92 Å². The maximum atomic E-state index is 4.37. The van der Waals surface area contributed by atoms with Crippen LogP contribution in [0.2, 0.25) is 0 Å². The zero-order valence-corrected chi connectivity index (χ0v) is 8.94. The largest absolute Gasteiger partial charge is 0.251 e. The van der Waals surface area contributed by atoms with E-state index < -0.39 is 0 Å². The second kappa shape index (κ2) is 2.77. The molecule has 0 saturated heterocycles. The van der Waals surface area contributed by atoms with Crippen molar-refractivity contribution >= 4 is 5.78 Å². The number of aryl methyl sites for hydroxylation is 1. The molecular formula is C10H14N4. The van der Waals surface area contributed by atoms with Gasteiger partial charge in [-0.15, -0.1) is 0 Å². The predicted molar refractivity (Wildman–Crippen MR) is 54.2 cm³/mol. The van der Waals surface area contributed by atoms with E-state index in [0.29, 0.717) is 5.78 Å². The molecule has 0 aliphatic rings. The third-order valence-electron chi connectivity index (χ3n) is 2.16. The minimum atomic E-state index is 0.0412. The van der Waals surface area contributed by atoms with Crippen LogP contribution in [0.1, 0.15) is 32.2 Å². The number of fused-ring (bicyclic) bond motifs is 1. The highest BCUT2D eigenvalue weighted by Crippen LogP contribution is 2.24. The van der Waals surface area contributed by atoms with Gasteiger partial charge in [0.25, 0.3) is 5.78 Å². The van der Waals surface area contributed by atoms with Crippen LogP contribution in [0.15, 0.2) is 12.4 Å². The molecule has 0 aliphatic carbocycles. The van der Waals surface area contributed by atoms with E-state index in [9.17, 15) is 0 Å². The normalized spacial score (nSPS) is 12.3. The number of hydrogen-bond donors (Lipinski definition) is 0. The van der Waals surface area contributed by atoms with Crippen molar-refractivity contribution in [1.82, 2.24) is 19.6 Å². The smallest absolute Gasteiger partial charge is 0.218 e. The molecule has 0 spiro atoms. The van der Waals surface area contributed by atoms with Gasteiger partial charge in [-0.05, 0) is 6.92 Å². The highest BCUT2D eigenvalue weighted by molar-refractivity contribution is 5.35. The van der Waals surface area contributed by atoms with Crippen LogP contribution < -0.4 is 0 Å². The topological polar surface area (TPSA) is 43.1 Å². The van der Waals surface area contributed by atoms with Crippen molar-refractivity contribution in [3.63, 3.8) is 0 Å². The van der Waals surface area contributed by atoms with E-state index in [4.69, 9.17) is 0 Å². The minimum Gasteiger partial charge on any atom is -0.218 e. The molecule has 0 aromatic carbocycles. The molecule has 0 fully saturated rings. The second-order valence-corrected chi connectivity index (χ2v) is 4.45. The van der Waals surface area contributed by atoms with Gasteiger partial charge in [-0.2, -0.15) is 5.10 Å². The summed E-state index contributed by atoms with van der Waals surface area (Å²) in [6.07, 6.45) is 3.34. The monoisotopic (exact) mass is 190 g/mol. The Labute approximate surface area is 83.0 Å². The Bertz CT molecular complexity index is 464. The Hall–Kier alpha value is -1.45. The van der Waals surface area contributed by atoms with Crippen molar-refractivity contribution in [2.75, 3.05) is 0 Å². The molecule has 0 radical (unpaired) electrons. The predicted octanol–water partition coefficient (Wildman–Crippen LogP) is 1.73. The van der Waals surface area contributed by atoms with Gasteiger partial charge in [0.1, 0.15) is 0 Å². The van der Waals surface area contributed by atoms with Crippen molar-refractivity contribution in [3.8, 4) is 0 Å². The van der Waals surface area contributed by atoms with E-state index in [-0.39, 0.29) is 5.41 Å². The molecule has 0 saturated carbocycles. The average molecular weight is 190 g/mol. The number of rotatable bonds is 0. The number of hydrogen-bond acceptors (Lipinski definition) is 3. The lowest BCUT2D eigenvalue weighted by Gasteiger charge is -2.17. The first-order valence-corrected chi connectivity index (χ1v) is 4.67.